The van der Waals surface area contributed by atoms with E-state index in [1.54, 1.807) is 13.8 Å². The molecule has 7 nitrogen and oxygen atoms in total. The lowest BCUT2D eigenvalue weighted by atomic mass is 10.2. The fourth-order valence-corrected chi connectivity index (χ4v) is 3.48. The molecule has 1 heterocycles. The molecule has 0 fully saturated rings. The molecule has 114 valence electrons. The summed E-state index contributed by atoms with van der Waals surface area (Å²) >= 11 is 0. The van der Waals surface area contributed by atoms with Crippen LogP contribution in [0.3, 0.4) is 0 Å². The number of rotatable bonds is 5. The average Bonchev–Trinajstić information content (AvgIpc) is 2.91. The Bertz CT molecular complexity index is 717. The molecule has 0 saturated carbocycles. The minimum atomic E-state index is -3.69. The average molecular weight is 313 g/mol. The van der Waals surface area contributed by atoms with Gasteiger partial charge >= 0.3 is 0 Å². The number of nitrogens with zero attached hydrogens (tertiary/aromatic N) is 4. The van der Waals surface area contributed by atoms with Crippen LogP contribution in [0.15, 0.2) is 23.1 Å². The van der Waals surface area contributed by atoms with Gasteiger partial charge in [0.25, 0.3) is 0 Å². The van der Waals surface area contributed by atoms with Gasteiger partial charge < -0.3 is 0 Å². The second kappa shape index (κ2) is 5.86. The number of sulfonamides is 1. The smallest absolute Gasteiger partial charge is 0.207 e. The quantitative estimate of drug-likeness (QED) is 0.891. The second-order valence-electron chi connectivity index (χ2n) is 4.87. The summed E-state index contributed by atoms with van der Waals surface area (Å²) in [7, 11) is -2.23. The Hall–Kier alpha value is -1.87. The van der Waals surface area contributed by atoms with Crippen molar-refractivity contribution in [2.45, 2.75) is 24.7 Å². The van der Waals surface area contributed by atoms with Crippen LogP contribution in [0.4, 0.5) is 4.39 Å². The van der Waals surface area contributed by atoms with Crippen LogP contribution in [0.5, 0.6) is 0 Å². The van der Waals surface area contributed by atoms with E-state index in [2.05, 4.69) is 20.6 Å². The molecule has 1 aromatic carbocycles. The van der Waals surface area contributed by atoms with Crippen LogP contribution in [-0.4, -0.2) is 46.9 Å². The standard InChI is InChI=1S/C12H16FN5O2S/c1-8-6-10(13)4-5-11(8)21(19,20)18(3)7-9(2)12-14-16-17-15-12/h4-6,9H,7H2,1-3H3,(H,14,15,16,17). The highest BCUT2D eigenvalue weighted by atomic mass is 32.2. The van der Waals surface area contributed by atoms with Crippen LogP contribution in [0.25, 0.3) is 0 Å². The summed E-state index contributed by atoms with van der Waals surface area (Å²) in [6.07, 6.45) is 0. The van der Waals surface area contributed by atoms with E-state index < -0.39 is 15.8 Å². The van der Waals surface area contributed by atoms with Crippen molar-refractivity contribution < 1.29 is 12.8 Å². The molecular weight excluding hydrogens is 297 g/mol. The lowest BCUT2D eigenvalue weighted by Crippen LogP contribution is -2.31. The highest BCUT2D eigenvalue weighted by Crippen LogP contribution is 2.21. The van der Waals surface area contributed by atoms with Crippen molar-refractivity contribution >= 4 is 10.0 Å². The molecule has 1 aromatic heterocycles. The monoisotopic (exact) mass is 313 g/mol. The third kappa shape index (κ3) is 3.24. The van der Waals surface area contributed by atoms with E-state index >= 15 is 0 Å². The van der Waals surface area contributed by atoms with Gasteiger partial charge in [0.2, 0.25) is 10.0 Å². The first-order valence-electron chi connectivity index (χ1n) is 6.28. The van der Waals surface area contributed by atoms with E-state index in [4.69, 9.17) is 0 Å². The van der Waals surface area contributed by atoms with E-state index in [9.17, 15) is 12.8 Å². The second-order valence-corrected chi connectivity index (χ2v) is 6.88. The van der Waals surface area contributed by atoms with E-state index in [1.807, 2.05) is 0 Å². The summed E-state index contributed by atoms with van der Waals surface area (Å²) in [4.78, 5) is 0.0895. The number of H-pyrrole nitrogens is 1. The van der Waals surface area contributed by atoms with Gasteiger partial charge in [-0.2, -0.15) is 5.21 Å². The van der Waals surface area contributed by atoms with Gasteiger partial charge in [0.15, 0.2) is 5.82 Å². The van der Waals surface area contributed by atoms with E-state index in [-0.39, 0.29) is 17.4 Å². The van der Waals surface area contributed by atoms with Gasteiger partial charge in [0.05, 0.1) is 4.90 Å². The van der Waals surface area contributed by atoms with Crippen LogP contribution in [0.2, 0.25) is 0 Å². The lowest BCUT2D eigenvalue weighted by molar-refractivity contribution is 0.439. The zero-order valence-corrected chi connectivity index (χ0v) is 12.7. The first-order chi connectivity index (χ1) is 9.82. The maximum absolute atomic E-state index is 13.1. The number of aromatic nitrogens is 4. The Labute approximate surface area is 122 Å². The molecule has 1 atom stereocenters. The number of tetrazole rings is 1. The first kappa shape index (κ1) is 15.5. The third-order valence-corrected chi connectivity index (χ3v) is 5.14. The highest BCUT2D eigenvalue weighted by molar-refractivity contribution is 7.89. The number of benzene rings is 1. The number of hydrogen-bond acceptors (Lipinski definition) is 5. The number of aromatic amines is 1. The number of halogens is 1. The van der Waals surface area contributed by atoms with Crippen LogP contribution in [-0.2, 0) is 10.0 Å². The number of nitrogens with one attached hydrogen (secondary N) is 1. The first-order valence-corrected chi connectivity index (χ1v) is 7.72. The Kier molecular flexibility index (Phi) is 4.33. The molecule has 0 radical (unpaired) electrons. The molecule has 0 amide bonds. The molecule has 0 aliphatic heterocycles. The van der Waals surface area contributed by atoms with Crippen molar-refractivity contribution in [3.8, 4) is 0 Å². The summed E-state index contributed by atoms with van der Waals surface area (Å²) in [5.41, 5.74) is 0.370. The van der Waals surface area contributed by atoms with Gasteiger partial charge in [-0.3, -0.25) is 0 Å². The Morgan fingerprint density at radius 1 is 1.43 bits per heavy atom. The minimum Gasteiger partial charge on any atom is -0.207 e. The topological polar surface area (TPSA) is 91.8 Å². The van der Waals surface area contributed by atoms with Crippen molar-refractivity contribution in [1.82, 2.24) is 24.9 Å². The van der Waals surface area contributed by atoms with E-state index in [1.165, 1.54) is 23.5 Å². The zero-order valence-electron chi connectivity index (χ0n) is 11.9. The number of aryl methyl sites for hydroxylation is 1. The van der Waals surface area contributed by atoms with Crippen LogP contribution in [0.1, 0.15) is 24.2 Å². The van der Waals surface area contributed by atoms with Gasteiger partial charge in [-0.05, 0) is 30.7 Å². The predicted octanol–water partition coefficient (Wildman–Crippen LogP) is 1.07. The van der Waals surface area contributed by atoms with Gasteiger partial charge in [-0.15, -0.1) is 10.2 Å². The molecule has 1 N–H and O–H groups in total. The van der Waals surface area contributed by atoms with Crippen molar-refractivity contribution in [1.29, 1.82) is 0 Å². The summed E-state index contributed by atoms with van der Waals surface area (Å²) in [5.74, 6) is -0.244. The van der Waals surface area contributed by atoms with Gasteiger partial charge in [0.1, 0.15) is 5.82 Å². The maximum Gasteiger partial charge on any atom is 0.243 e. The molecule has 21 heavy (non-hydrogen) atoms. The van der Waals surface area contributed by atoms with E-state index in [0.29, 0.717) is 11.4 Å². The van der Waals surface area contributed by atoms with E-state index in [0.717, 1.165) is 6.07 Å². The molecular formula is C12H16FN5O2S. The van der Waals surface area contributed by atoms with Gasteiger partial charge in [0, 0.05) is 19.5 Å². The zero-order chi connectivity index (χ0) is 15.6. The van der Waals surface area contributed by atoms with Crippen molar-refractivity contribution in [2.24, 2.45) is 0 Å². The minimum absolute atomic E-state index is 0.0895. The largest absolute Gasteiger partial charge is 0.243 e. The molecule has 0 spiro atoms. The van der Waals surface area contributed by atoms with Crippen molar-refractivity contribution in [3.05, 3.63) is 35.4 Å². The van der Waals surface area contributed by atoms with Gasteiger partial charge in [-0.1, -0.05) is 12.1 Å². The Morgan fingerprint density at radius 2 is 2.14 bits per heavy atom. The number of likely N-dealkylation sites (N-methyl/N-ethyl adjacent to an activating group) is 1. The lowest BCUT2D eigenvalue weighted by Gasteiger charge is -2.20. The van der Waals surface area contributed by atoms with Crippen molar-refractivity contribution in [3.63, 3.8) is 0 Å². The fraction of sp³-hybridized carbons (Fsp3) is 0.417. The van der Waals surface area contributed by atoms with Crippen molar-refractivity contribution in [2.75, 3.05) is 13.6 Å². The molecule has 2 aromatic rings. The number of hydrogen-bond donors (Lipinski definition) is 1. The summed E-state index contributed by atoms with van der Waals surface area (Å²) < 4.78 is 39.3. The maximum atomic E-state index is 13.1. The molecule has 1 unspecified atom stereocenters. The predicted molar refractivity (Wildman–Crippen MR) is 73.5 cm³/mol. The third-order valence-electron chi connectivity index (χ3n) is 3.16. The molecule has 2 rings (SSSR count). The normalized spacial score (nSPS) is 13.6. The molecule has 9 heteroatoms. The molecule has 0 aliphatic carbocycles. The summed E-state index contributed by atoms with van der Waals surface area (Å²) in [5, 5.41) is 13.4. The summed E-state index contributed by atoms with van der Waals surface area (Å²) in [6.45, 7) is 3.56. The van der Waals surface area contributed by atoms with Crippen LogP contribution < -0.4 is 0 Å². The SMILES string of the molecule is Cc1cc(F)ccc1S(=O)(=O)N(C)CC(C)c1nn[nH]n1. The van der Waals surface area contributed by atoms with Crippen LogP contribution in [0, 0.1) is 12.7 Å². The molecule has 0 bridgehead atoms. The fourth-order valence-electron chi connectivity index (χ4n) is 2.01. The Balaban J connectivity index is 2.22. The molecule has 0 aliphatic rings. The molecule has 0 saturated heterocycles. The van der Waals surface area contributed by atoms with Gasteiger partial charge in [-0.25, -0.2) is 17.1 Å². The van der Waals surface area contributed by atoms with Crippen LogP contribution >= 0.6 is 0 Å². The summed E-state index contributed by atoms with van der Waals surface area (Å²) in [6, 6.07) is 3.61. The highest BCUT2D eigenvalue weighted by Gasteiger charge is 2.25. The Morgan fingerprint density at radius 3 is 2.71 bits per heavy atom.